The van der Waals surface area contributed by atoms with Crippen LogP contribution in [-0.4, -0.2) is 37.6 Å². The number of aryl methyl sites for hydroxylation is 1. The Bertz CT molecular complexity index is 362. The van der Waals surface area contributed by atoms with Crippen molar-refractivity contribution in [3.63, 3.8) is 0 Å². The second-order valence-corrected chi connectivity index (χ2v) is 5.51. The average Bonchev–Trinajstić information content (AvgIpc) is 2.38. The number of likely N-dealkylation sites (N-methyl/N-ethyl adjacent to an activating group) is 1. The Hall–Kier alpha value is -0.860. The molecule has 0 spiro atoms. The molecule has 1 aromatic carbocycles. The number of hydrogen-bond donors (Lipinski definition) is 1. The van der Waals surface area contributed by atoms with Crippen molar-refractivity contribution in [3.05, 3.63) is 35.4 Å². The maximum Gasteiger partial charge on any atom is 0.0217 e. The van der Waals surface area contributed by atoms with Gasteiger partial charge < -0.3 is 10.2 Å². The standard InChI is InChI=1S/C16H26N2/c1-14-7-3-4-8-15(14)10-11-17-13-16-9-5-6-12-18(16)2/h3-4,7-8,16-17H,5-6,9-13H2,1-2H3. The summed E-state index contributed by atoms with van der Waals surface area (Å²) >= 11 is 0. The fourth-order valence-corrected chi connectivity index (χ4v) is 2.78. The number of piperidine rings is 1. The van der Waals surface area contributed by atoms with E-state index in [1.807, 2.05) is 0 Å². The quantitative estimate of drug-likeness (QED) is 0.803. The zero-order chi connectivity index (χ0) is 12.8. The Morgan fingerprint density at radius 3 is 2.89 bits per heavy atom. The van der Waals surface area contributed by atoms with Crippen LogP contribution in [0.2, 0.25) is 0 Å². The van der Waals surface area contributed by atoms with E-state index in [9.17, 15) is 0 Å². The number of rotatable bonds is 5. The Kier molecular flexibility index (Phi) is 5.21. The number of likely N-dealkylation sites (tertiary alicyclic amines) is 1. The highest BCUT2D eigenvalue weighted by molar-refractivity contribution is 5.25. The summed E-state index contributed by atoms with van der Waals surface area (Å²) in [6.45, 7) is 5.70. The van der Waals surface area contributed by atoms with Gasteiger partial charge in [-0.05, 0) is 57.5 Å². The van der Waals surface area contributed by atoms with Crippen molar-refractivity contribution in [1.82, 2.24) is 10.2 Å². The van der Waals surface area contributed by atoms with Crippen LogP contribution >= 0.6 is 0 Å². The predicted molar refractivity (Wildman–Crippen MR) is 78.0 cm³/mol. The molecule has 2 nitrogen and oxygen atoms in total. The molecule has 1 aromatic rings. The summed E-state index contributed by atoms with van der Waals surface area (Å²) in [6, 6.07) is 9.43. The first kappa shape index (κ1) is 13.6. The number of nitrogens with one attached hydrogen (secondary N) is 1. The summed E-state index contributed by atoms with van der Waals surface area (Å²) in [5.74, 6) is 0. The van der Waals surface area contributed by atoms with Crippen molar-refractivity contribution in [1.29, 1.82) is 0 Å². The topological polar surface area (TPSA) is 15.3 Å². The number of nitrogens with zero attached hydrogens (tertiary/aromatic N) is 1. The van der Waals surface area contributed by atoms with Crippen LogP contribution in [0.3, 0.4) is 0 Å². The first-order valence-corrected chi connectivity index (χ1v) is 7.23. The normalized spacial score (nSPS) is 21.1. The van der Waals surface area contributed by atoms with Gasteiger partial charge in [-0.3, -0.25) is 0 Å². The van der Waals surface area contributed by atoms with Gasteiger partial charge >= 0.3 is 0 Å². The van der Waals surface area contributed by atoms with E-state index >= 15 is 0 Å². The minimum Gasteiger partial charge on any atom is -0.315 e. The summed E-state index contributed by atoms with van der Waals surface area (Å²) < 4.78 is 0. The van der Waals surface area contributed by atoms with Gasteiger partial charge in [-0.25, -0.2) is 0 Å². The highest BCUT2D eigenvalue weighted by atomic mass is 15.2. The lowest BCUT2D eigenvalue weighted by Gasteiger charge is -2.32. The molecule has 1 atom stereocenters. The van der Waals surface area contributed by atoms with Crippen molar-refractivity contribution in [2.75, 3.05) is 26.7 Å². The van der Waals surface area contributed by atoms with Crippen LogP contribution in [0, 0.1) is 6.92 Å². The summed E-state index contributed by atoms with van der Waals surface area (Å²) in [5.41, 5.74) is 2.89. The highest BCUT2D eigenvalue weighted by Crippen LogP contribution is 2.14. The van der Waals surface area contributed by atoms with E-state index in [4.69, 9.17) is 0 Å². The molecule has 1 unspecified atom stereocenters. The van der Waals surface area contributed by atoms with Crippen LogP contribution < -0.4 is 5.32 Å². The minimum atomic E-state index is 0.746. The lowest BCUT2D eigenvalue weighted by atomic mass is 10.0. The Balaban J connectivity index is 1.68. The minimum absolute atomic E-state index is 0.746. The molecule has 0 radical (unpaired) electrons. The molecule has 1 saturated heterocycles. The van der Waals surface area contributed by atoms with E-state index < -0.39 is 0 Å². The third kappa shape index (κ3) is 3.82. The average molecular weight is 246 g/mol. The van der Waals surface area contributed by atoms with Gasteiger partial charge in [0.1, 0.15) is 0 Å². The van der Waals surface area contributed by atoms with Gasteiger partial charge in [0, 0.05) is 12.6 Å². The van der Waals surface area contributed by atoms with Gasteiger partial charge in [0.15, 0.2) is 0 Å². The van der Waals surface area contributed by atoms with Gasteiger partial charge in [-0.2, -0.15) is 0 Å². The third-order valence-electron chi connectivity index (χ3n) is 4.13. The molecule has 0 aromatic heterocycles. The van der Waals surface area contributed by atoms with Crippen molar-refractivity contribution < 1.29 is 0 Å². The summed E-state index contributed by atoms with van der Waals surface area (Å²) in [6.07, 6.45) is 5.27. The lowest BCUT2D eigenvalue weighted by Crippen LogP contribution is -2.43. The molecule has 18 heavy (non-hydrogen) atoms. The van der Waals surface area contributed by atoms with E-state index in [2.05, 4.69) is 48.5 Å². The van der Waals surface area contributed by atoms with Gasteiger partial charge in [0.2, 0.25) is 0 Å². The highest BCUT2D eigenvalue weighted by Gasteiger charge is 2.17. The van der Waals surface area contributed by atoms with Gasteiger partial charge in [-0.1, -0.05) is 30.7 Å². The third-order valence-corrected chi connectivity index (χ3v) is 4.13. The van der Waals surface area contributed by atoms with Crippen molar-refractivity contribution in [2.24, 2.45) is 0 Å². The van der Waals surface area contributed by atoms with Crippen LogP contribution in [-0.2, 0) is 6.42 Å². The molecule has 0 amide bonds. The lowest BCUT2D eigenvalue weighted by molar-refractivity contribution is 0.182. The molecule has 100 valence electrons. The predicted octanol–water partition coefficient (Wildman–Crippen LogP) is 2.61. The smallest absolute Gasteiger partial charge is 0.0217 e. The molecule has 1 N–H and O–H groups in total. The molecule has 1 fully saturated rings. The molecule has 0 saturated carbocycles. The van der Waals surface area contributed by atoms with Crippen LogP contribution in [0.5, 0.6) is 0 Å². The maximum atomic E-state index is 3.62. The Labute approximate surface area is 111 Å². The van der Waals surface area contributed by atoms with Crippen LogP contribution in [0.15, 0.2) is 24.3 Å². The van der Waals surface area contributed by atoms with Crippen LogP contribution in [0.4, 0.5) is 0 Å². The molecular weight excluding hydrogens is 220 g/mol. The molecule has 0 bridgehead atoms. The molecule has 0 aliphatic carbocycles. The summed E-state index contributed by atoms with van der Waals surface area (Å²) in [7, 11) is 2.26. The molecule has 1 aliphatic rings. The molecule has 1 aliphatic heterocycles. The van der Waals surface area contributed by atoms with Crippen LogP contribution in [0.25, 0.3) is 0 Å². The fourth-order valence-electron chi connectivity index (χ4n) is 2.78. The van der Waals surface area contributed by atoms with Crippen molar-refractivity contribution >= 4 is 0 Å². The summed E-state index contributed by atoms with van der Waals surface area (Å²) in [5, 5.41) is 3.62. The molecule has 1 heterocycles. The molecule has 2 rings (SSSR count). The Morgan fingerprint density at radius 2 is 2.11 bits per heavy atom. The number of benzene rings is 1. The molecular formula is C16H26N2. The Morgan fingerprint density at radius 1 is 1.28 bits per heavy atom. The SMILES string of the molecule is Cc1ccccc1CCNCC1CCCCN1C. The fraction of sp³-hybridized carbons (Fsp3) is 0.625. The largest absolute Gasteiger partial charge is 0.315 e. The van der Waals surface area contributed by atoms with Crippen molar-refractivity contribution in [3.8, 4) is 0 Å². The van der Waals surface area contributed by atoms with Crippen LogP contribution in [0.1, 0.15) is 30.4 Å². The first-order chi connectivity index (χ1) is 8.77. The first-order valence-electron chi connectivity index (χ1n) is 7.23. The van der Waals surface area contributed by atoms with E-state index in [-0.39, 0.29) is 0 Å². The maximum absolute atomic E-state index is 3.62. The van der Waals surface area contributed by atoms with Crippen molar-refractivity contribution in [2.45, 2.75) is 38.6 Å². The van der Waals surface area contributed by atoms with Gasteiger partial charge in [0.05, 0.1) is 0 Å². The van der Waals surface area contributed by atoms with Gasteiger partial charge in [-0.15, -0.1) is 0 Å². The second-order valence-electron chi connectivity index (χ2n) is 5.51. The zero-order valence-electron chi connectivity index (χ0n) is 11.8. The summed E-state index contributed by atoms with van der Waals surface area (Å²) in [4.78, 5) is 2.50. The molecule has 2 heteroatoms. The second kappa shape index (κ2) is 6.91. The number of hydrogen-bond acceptors (Lipinski definition) is 2. The van der Waals surface area contributed by atoms with E-state index in [1.54, 1.807) is 0 Å². The van der Waals surface area contributed by atoms with E-state index in [0.29, 0.717) is 0 Å². The monoisotopic (exact) mass is 246 g/mol. The van der Waals surface area contributed by atoms with E-state index in [1.165, 1.54) is 36.9 Å². The zero-order valence-corrected chi connectivity index (χ0v) is 11.8. The van der Waals surface area contributed by atoms with Gasteiger partial charge in [0.25, 0.3) is 0 Å². The van der Waals surface area contributed by atoms with E-state index in [0.717, 1.165) is 25.6 Å².